The molecule has 0 saturated heterocycles. The molecule has 0 aliphatic heterocycles. The minimum atomic E-state index is -0.357. The largest absolute Gasteiger partial charge is 0.465 e. The maximum atomic E-state index is 11.5. The number of ether oxygens (including phenoxy) is 1. The van der Waals surface area contributed by atoms with Crippen molar-refractivity contribution < 1.29 is 14.3 Å². The number of carbonyl (C=O) groups is 2. The van der Waals surface area contributed by atoms with E-state index in [0.29, 0.717) is 12.0 Å². The van der Waals surface area contributed by atoms with Gasteiger partial charge in [-0.25, -0.2) is 4.79 Å². The van der Waals surface area contributed by atoms with Crippen LogP contribution < -0.4 is 0 Å². The molecular weight excluding hydrogens is 264 g/mol. The molecule has 108 valence electrons. The molecule has 0 amide bonds. The lowest BCUT2D eigenvalue weighted by atomic mass is 9.87. The topological polar surface area (TPSA) is 43.4 Å². The standard InChI is InChI=1S/C18H18O3/c1-13(19)12-17(14-6-4-3-5-7-14)15-8-10-16(11-9-15)18(20)21-2/h3-11,17H,12H2,1-2H3. The Hall–Kier alpha value is -2.42. The second-order valence-corrected chi connectivity index (χ2v) is 4.98. The highest BCUT2D eigenvalue weighted by atomic mass is 16.5. The number of hydrogen-bond acceptors (Lipinski definition) is 3. The molecular formula is C18H18O3. The van der Waals surface area contributed by atoms with Crippen molar-refractivity contribution in [1.82, 2.24) is 0 Å². The van der Waals surface area contributed by atoms with Gasteiger partial charge in [-0.3, -0.25) is 4.79 Å². The van der Waals surface area contributed by atoms with Gasteiger partial charge < -0.3 is 4.74 Å². The molecule has 0 aliphatic rings. The molecule has 0 N–H and O–H groups in total. The van der Waals surface area contributed by atoms with Gasteiger partial charge >= 0.3 is 5.97 Å². The van der Waals surface area contributed by atoms with E-state index in [1.165, 1.54) is 7.11 Å². The predicted octanol–water partition coefficient (Wildman–Crippen LogP) is 3.58. The molecule has 2 aromatic rings. The Morgan fingerprint density at radius 1 is 0.952 bits per heavy atom. The highest BCUT2D eigenvalue weighted by Gasteiger charge is 2.16. The summed E-state index contributed by atoms with van der Waals surface area (Å²) in [6.07, 6.45) is 0.446. The van der Waals surface area contributed by atoms with Gasteiger partial charge in [-0.15, -0.1) is 0 Å². The third-order valence-corrected chi connectivity index (χ3v) is 3.43. The first kappa shape index (κ1) is 15.0. The van der Waals surface area contributed by atoms with Crippen molar-refractivity contribution in [3.05, 3.63) is 71.3 Å². The highest BCUT2D eigenvalue weighted by Crippen LogP contribution is 2.28. The van der Waals surface area contributed by atoms with Crippen LogP contribution in [0.3, 0.4) is 0 Å². The summed E-state index contributed by atoms with van der Waals surface area (Å²) in [5, 5.41) is 0. The molecule has 21 heavy (non-hydrogen) atoms. The number of esters is 1. The fourth-order valence-electron chi connectivity index (χ4n) is 2.37. The van der Waals surface area contributed by atoms with Crippen molar-refractivity contribution in [2.75, 3.05) is 7.11 Å². The molecule has 3 heteroatoms. The van der Waals surface area contributed by atoms with Gasteiger partial charge in [0.25, 0.3) is 0 Å². The van der Waals surface area contributed by atoms with Gasteiger partial charge in [0.1, 0.15) is 5.78 Å². The van der Waals surface area contributed by atoms with E-state index in [1.54, 1.807) is 19.1 Å². The van der Waals surface area contributed by atoms with Gasteiger partial charge in [-0.05, 0) is 30.2 Å². The Balaban J connectivity index is 2.33. The zero-order valence-electron chi connectivity index (χ0n) is 12.2. The van der Waals surface area contributed by atoms with E-state index in [0.717, 1.165) is 11.1 Å². The van der Waals surface area contributed by atoms with Gasteiger partial charge in [0.2, 0.25) is 0 Å². The first-order valence-corrected chi connectivity index (χ1v) is 6.84. The molecule has 0 fully saturated rings. The third kappa shape index (κ3) is 3.78. The van der Waals surface area contributed by atoms with Crippen LogP contribution in [0.1, 0.15) is 40.7 Å². The fourth-order valence-corrected chi connectivity index (χ4v) is 2.37. The Labute approximate surface area is 124 Å². The van der Waals surface area contributed by atoms with E-state index in [-0.39, 0.29) is 17.7 Å². The second-order valence-electron chi connectivity index (χ2n) is 4.98. The van der Waals surface area contributed by atoms with Gasteiger partial charge in [0.05, 0.1) is 12.7 Å². The van der Waals surface area contributed by atoms with Crippen LogP contribution in [0, 0.1) is 0 Å². The fraction of sp³-hybridized carbons (Fsp3) is 0.222. The maximum Gasteiger partial charge on any atom is 0.337 e. The lowest BCUT2D eigenvalue weighted by Gasteiger charge is -2.17. The summed E-state index contributed by atoms with van der Waals surface area (Å²) >= 11 is 0. The summed E-state index contributed by atoms with van der Waals surface area (Å²) in [5.41, 5.74) is 2.62. The number of carbonyl (C=O) groups excluding carboxylic acids is 2. The van der Waals surface area contributed by atoms with Crippen LogP contribution in [0.4, 0.5) is 0 Å². The summed E-state index contributed by atoms with van der Waals surface area (Å²) in [6.45, 7) is 1.60. The van der Waals surface area contributed by atoms with E-state index in [1.807, 2.05) is 42.5 Å². The van der Waals surface area contributed by atoms with Crippen LogP contribution in [0.15, 0.2) is 54.6 Å². The van der Waals surface area contributed by atoms with Crippen molar-refractivity contribution in [1.29, 1.82) is 0 Å². The third-order valence-electron chi connectivity index (χ3n) is 3.43. The Bertz CT molecular complexity index is 615. The van der Waals surface area contributed by atoms with Gasteiger partial charge in [0, 0.05) is 12.3 Å². The minimum Gasteiger partial charge on any atom is -0.465 e. The van der Waals surface area contributed by atoms with E-state index in [9.17, 15) is 9.59 Å². The second kappa shape index (κ2) is 6.84. The monoisotopic (exact) mass is 282 g/mol. The minimum absolute atomic E-state index is 0.00963. The van der Waals surface area contributed by atoms with E-state index in [4.69, 9.17) is 4.74 Å². The quantitative estimate of drug-likeness (QED) is 0.787. The van der Waals surface area contributed by atoms with E-state index < -0.39 is 0 Å². The molecule has 0 saturated carbocycles. The number of benzene rings is 2. The Kier molecular flexibility index (Phi) is 4.88. The first-order chi connectivity index (χ1) is 10.1. The van der Waals surface area contributed by atoms with Crippen molar-refractivity contribution in [3.63, 3.8) is 0 Å². The molecule has 2 rings (SSSR count). The maximum absolute atomic E-state index is 11.5. The van der Waals surface area contributed by atoms with Crippen molar-refractivity contribution >= 4 is 11.8 Å². The van der Waals surface area contributed by atoms with E-state index in [2.05, 4.69) is 0 Å². The molecule has 0 aromatic heterocycles. The predicted molar refractivity (Wildman–Crippen MR) is 81.4 cm³/mol. The first-order valence-electron chi connectivity index (χ1n) is 6.84. The number of Topliss-reactive ketones (excluding diaryl/α,β-unsaturated/α-hetero) is 1. The lowest BCUT2D eigenvalue weighted by molar-refractivity contribution is -0.117. The van der Waals surface area contributed by atoms with Crippen LogP contribution in [-0.2, 0) is 9.53 Å². The number of hydrogen-bond donors (Lipinski definition) is 0. The molecule has 0 heterocycles. The average Bonchev–Trinajstić information content (AvgIpc) is 2.53. The molecule has 0 spiro atoms. The van der Waals surface area contributed by atoms with Crippen LogP contribution in [0.5, 0.6) is 0 Å². The summed E-state index contributed by atoms with van der Waals surface area (Å²) in [4.78, 5) is 23.0. The zero-order valence-corrected chi connectivity index (χ0v) is 12.2. The number of ketones is 1. The van der Waals surface area contributed by atoms with Crippen molar-refractivity contribution in [2.24, 2.45) is 0 Å². The smallest absolute Gasteiger partial charge is 0.337 e. The number of methoxy groups -OCH3 is 1. The Morgan fingerprint density at radius 3 is 2.05 bits per heavy atom. The van der Waals surface area contributed by atoms with Crippen LogP contribution >= 0.6 is 0 Å². The molecule has 1 unspecified atom stereocenters. The lowest BCUT2D eigenvalue weighted by Crippen LogP contribution is -2.07. The van der Waals surface area contributed by atoms with Crippen LogP contribution in [-0.4, -0.2) is 18.9 Å². The van der Waals surface area contributed by atoms with Gasteiger partial charge in [-0.1, -0.05) is 42.5 Å². The molecule has 0 aliphatic carbocycles. The molecule has 1 atom stereocenters. The van der Waals surface area contributed by atoms with Gasteiger partial charge in [-0.2, -0.15) is 0 Å². The molecule has 2 aromatic carbocycles. The van der Waals surface area contributed by atoms with Crippen LogP contribution in [0.25, 0.3) is 0 Å². The summed E-state index contributed by atoms with van der Waals surface area (Å²) < 4.78 is 4.69. The normalized spacial score (nSPS) is 11.7. The molecule has 0 bridgehead atoms. The highest BCUT2D eigenvalue weighted by molar-refractivity contribution is 5.89. The summed E-state index contributed by atoms with van der Waals surface area (Å²) in [7, 11) is 1.36. The zero-order chi connectivity index (χ0) is 15.2. The average molecular weight is 282 g/mol. The van der Waals surface area contributed by atoms with Crippen molar-refractivity contribution in [2.45, 2.75) is 19.3 Å². The van der Waals surface area contributed by atoms with Crippen LogP contribution in [0.2, 0.25) is 0 Å². The molecule has 3 nitrogen and oxygen atoms in total. The number of rotatable bonds is 5. The SMILES string of the molecule is COC(=O)c1ccc(C(CC(C)=O)c2ccccc2)cc1. The van der Waals surface area contributed by atoms with Crippen molar-refractivity contribution in [3.8, 4) is 0 Å². The Morgan fingerprint density at radius 2 is 1.52 bits per heavy atom. The molecule has 0 radical (unpaired) electrons. The van der Waals surface area contributed by atoms with E-state index >= 15 is 0 Å². The van der Waals surface area contributed by atoms with Gasteiger partial charge in [0.15, 0.2) is 0 Å². The summed E-state index contributed by atoms with van der Waals surface area (Å²) in [5.74, 6) is -0.208. The summed E-state index contributed by atoms with van der Waals surface area (Å²) in [6, 6.07) is 17.1.